The van der Waals surface area contributed by atoms with Gasteiger partial charge in [0.05, 0.1) is 6.54 Å². The molecule has 0 bridgehead atoms. The number of hydrogen-bond donors (Lipinski definition) is 1. The molecule has 116 valence electrons. The Morgan fingerprint density at radius 1 is 1.19 bits per heavy atom. The van der Waals surface area contributed by atoms with Gasteiger partial charge in [-0.25, -0.2) is 0 Å². The van der Waals surface area contributed by atoms with E-state index < -0.39 is 0 Å². The Kier molecular flexibility index (Phi) is 5.43. The number of benzene rings is 1. The molecule has 0 aliphatic carbocycles. The topological polar surface area (TPSA) is 28.4 Å². The van der Waals surface area contributed by atoms with E-state index in [1.165, 1.54) is 17.4 Å². The molecule has 0 aliphatic rings. The maximum atomic E-state index is 6.01. The molecule has 0 spiro atoms. The summed E-state index contributed by atoms with van der Waals surface area (Å²) in [6.45, 7) is 8.58. The second-order valence-electron chi connectivity index (χ2n) is 6.42. The minimum atomic E-state index is 0.570. The number of rotatable bonds is 7. The molecule has 0 saturated heterocycles. The van der Waals surface area contributed by atoms with Crippen molar-refractivity contribution in [3.8, 4) is 0 Å². The van der Waals surface area contributed by atoms with E-state index >= 15 is 0 Å². The second-order valence-corrected chi connectivity index (χ2v) is 6.42. The van der Waals surface area contributed by atoms with Crippen LogP contribution in [0.4, 0.5) is 0 Å². The Morgan fingerprint density at radius 2 is 1.90 bits per heavy atom. The van der Waals surface area contributed by atoms with E-state index in [0.29, 0.717) is 6.04 Å². The van der Waals surface area contributed by atoms with Crippen LogP contribution < -0.4 is 5.32 Å². The summed E-state index contributed by atoms with van der Waals surface area (Å²) in [6.07, 6.45) is 1.22. The highest BCUT2D eigenvalue weighted by Crippen LogP contribution is 2.27. The van der Waals surface area contributed by atoms with E-state index in [0.717, 1.165) is 30.4 Å². The molecule has 1 N–H and O–H groups in total. The van der Waals surface area contributed by atoms with Crippen molar-refractivity contribution in [1.82, 2.24) is 10.2 Å². The van der Waals surface area contributed by atoms with Gasteiger partial charge >= 0.3 is 0 Å². The van der Waals surface area contributed by atoms with E-state index in [1.807, 2.05) is 13.1 Å². The summed E-state index contributed by atoms with van der Waals surface area (Å²) in [5, 5.41) is 4.45. The standard InChI is InChI=1S/C18H28N2O/c1-13(2)10-14(3)20(5)12-16-15-8-6-7-9-17(15)21-18(16)11-19-4/h6-9,13-14,19H,10-12H2,1-5H3. The van der Waals surface area contributed by atoms with E-state index in [9.17, 15) is 0 Å². The number of furan rings is 1. The average Bonchev–Trinajstić information content (AvgIpc) is 2.76. The zero-order chi connectivity index (χ0) is 15.4. The summed E-state index contributed by atoms with van der Waals surface area (Å²) in [7, 11) is 4.17. The molecule has 1 atom stereocenters. The molecule has 0 radical (unpaired) electrons. The Labute approximate surface area is 128 Å². The van der Waals surface area contributed by atoms with Crippen LogP contribution in [-0.4, -0.2) is 25.0 Å². The third kappa shape index (κ3) is 3.86. The summed E-state index contributed by atoms with van der Waals surface area (Å²) in [6, 6.07) is 8.90. The minimum Gasteiger partial charge on any atom is -0.459 e. The first-order valence-electron chi connectivity index (χ1n) is 7.87. The quantitative estimate of drug-likeness (QED) is 0.834. The van der Waals surface area contributed by atoms with E-state index in [1.54, 1.807) is 0 Å². The molecule has 0 amide bonds. The molecule has 1 aromatic carbocycles. The summed E-state index contributed by atoms with van der Waals surface area (Å²) in [4.78, 5) is 2.43. The number of para-hydroxylation sites is 1. The normalized spacial score (nSPS) is 13.5. The molecule has 0 aliphatic heterocycles. The first-order chi connectivity index (χ1) is 10.0. The van der Waals surface area contributed by atoms with Gasteiger partial charge in [-0.15, -0.1) is 0 Å². The highest BCUT2D eigenvalue weighted by atomic mass is 16.3. The van der Waals surface area contributed by atoms with Gasteiger partial charge in [0, 0.05) is 23.5 Å². The molecule has 1 heterocycles. The highest BCUT2D eigenvalue weighted by Gasteiger charge is 2.18. The van der Waals surface area contributed by atoms with Gasteiger partial charge < -0.3 is 9.73 Å². The lowest BCUT2D eigenvalue weighted by molar-refractivity contribution is 0.219. The Hall–Kier alpha value is -1.32. The Morgan fingerprint density at radius 3 is 2.57 bits per heavy atom. The second kappa shape index (κ2) is 7.10. The van der Waals surface area contributed by atoms with E-state index in [4.69, 9.17) is 4.42 Å². The van der Waals surface area contributed by atoms with Gasteiger partial charge in [-0.3, -0.25) is 4.90 Å². The zero-order valence-electron chi connectivity index (χ0n) is 13.9. The van der Waals surface area contributed by atoms with Crippen molar-refractivity contribution in [1.29, 1.82) is 0 Å². The van der Waals surface area contributed by atoms with Crippen LogP contribution in [0.25, 0.3) is 11.0 Å². The third-order valence-electron chi connectivity index (χ3n) is 4.09. The van der Waals surface area contributed by atoms with Crippen molar-refractivity contribution >= 4 is 11.0 Å². The number of fused-ring (bicyclic) bond motifs is 1. The highest BCUT2D eigenvalue weighted by molar-refractivity contribution is 5.82. The molecular formula is C18H28N2O. The van der Waals surface area contributed by atoms with Crippen molar-refractivity contribution in [2.24, 2.45) is 5.92 Å². The smallest absolute Gasteiger partial charge is 0.134 e. The fourth-order valence-corrected chi connectivity index (χ4v) is 2.89. The molecule has 2 rings (SSSR count). The monoisotopic (exact) mass is 288 g/mol. The molecule has 1 aromatic heterocycles. The van der Waals surface area contributed by atoms with Crippen LogP contribution in [-0.2, 0) is 13.1 Å². The molecule has 21 heavy (non-hydrogen) atoms. The predicted octanol–water partition coefficient (Wildman–Crippen LogP) is 4.02. The van der Waals surface area contributed by atoms with Crippen molar-refractivity contribution in [3.63, 3.8) is 0 Å². The van der Waals surface area contributed by atoms with Crippen LogP contribution in [0.15, 0.2) is 28.7 Å². The van der Waals surface area contributed by atoms with Crippen LogP contribution >= 0.6 is 0 Å². The van der Waals surface area contributed by atoms with Crippen molar-refractivity contribution < 1.29 is 4.42 Å². The van der Waals surface area contributed by atoms with Gasteiger partial charge in [0.15, 0.2) is 0 Å². The lowest BCUT2D eigenvalue weighted by Crippen LogP contribution is -2.30. The fourth-order valence-electron chi connectivity index (χ4n) is 2.89. The zero-order valence-corrected chi connectivity index (χ0v) is 13.9. The van der Waals surface area contributed by atoms with E-state index in [2.05, 4.69) is 56.2 Å². The fraction of sp³-hybridized carbons (Fsp3) is 0.556. The summed E-state index contributed by atoms with van der Waals surface area (Å²) in [5.41, 5.74) is 2.31. The van der Waals surface area contributed by atoms with Gasteiger partial charge in [0.2, 0.25) is 0 Å². The Balaban J connectivity index is 2.25. The minimum absolute atomic E-state index is 0.570. The number of hydrogen-bond acceptors (Lipinski definition) is 3. The molecule has 2 aromatic rings. The molecule has 1 unspecified atom stereocenters. The van der Waals surface area contributed by atoms with Gasteiger partial charge in [0.25, 0.3) is 0 Å². The molecule has 0 saturated carbocycles. The van der Waals surface area contributed by atoms with Crippen LogP contribution in [0.2, 0.25) is 0 Å². The van der Waals surface area contributed by atoms with Gasteiger partial charge in [-0.1, -0.05) is 32.0 Å². The number of nitrogens with zero attached hydrogens (tertiary/aromatic N) is 1. The van der Waals surface area contributed by atoms with Gasteiger partial charge in [-0.05, 0) is 39.4 Å². The molecular weight excluding hydrogens is 260 g/mol. The van der Waals surface area contributed by atoms with Crippen molar-refractivity contribution in [3.05, 3.63) is 35.6 Å². The molecule has 0 fully saturated rings. The first-order valence-corrected chi connectivity index (χ1v) is 7.87. The van der Waals surface area contributed by atoms with Crippen LogP contribution in [0.3, 0.4) is 0 Å². The van der Waals surface area contributed by atoms with Gasteiger partial charge in [0.1, 0.15) is 11.3 Å². The van der Waals surface area contributed by atoms with Crippen LogP contribution in [0.5, 0.6) is 0 Å². The summed E-state index contributed by atoms with van der Waals surface area (Å²) in [5.74, 6) is 1.78. The first kappa shape index (κ1) is 16.1. The largest absolute Gasteiger partial charge is 0.459 e. The van der Waals surface area contributed by atoms with Crippen LogP contribution in [0.1, 0.15) is 38.5 Å². The molecule has 3 heteroatoms. The lowest BCUT2D eigenvalue weighted by atomic mass is 10.0. The Bertz CT molecular complexity index is 574. The van der Waals surface area contributed by atoms with Gasteiger partial charge in [-0.2, -0.15) is 0 Å². The van der Waals surface area contributed by atoms with Crippen molar-refractivity contribution in [2.45, 2.75) is 46.3 Å². The SMILES string of the molecule is CNCc1oc2ccccc2c1CN(C)C(C)CC(C)C. The predicted molar refractivity (Wildman–Crippen MR) is 89.4 cm³/mol. The maximum Gasteiger partial charge on any atom is 0.134 e. The average molecular weight is 288 g/mol. The van der Waals surface area contributed by atoms with Crippen molar-refractivity contribution in [2.75, 3.05) is 14.1 Å². The third-order valence-corrected chi connectivity index (χ3v) is 4.09. The van der Waals surface area contributed by atoms with E-state index in [-0.39, 0.29) is 0 Å². The maximum absolute atomic E-state index is 6.01. The van der Waals surface area contributed by atoms with Crippen LogP contribution in [0, 0.1) is 5.92 Å². The number of nitrogens with one attached hydrogen (secondary N) is 1. The summed E-state index contributed by atoms with van der Waals surface area (Å²) < 4.78 is 6.01. The molecule has 3 nitrogen and oxygen atoms in total. The lowest BCUT2D eigenvalue weighted by Gasteiger charge is -2.26. The summed E-state index contributed by atoms with van der Waals surface area (Å²) >= 11 is 0.